The highest BCUT2D eigenvalue weighted by molar-refractivity contribution is 5.79. The number of hydrogen-bond acceptors (Lipinski definition) is 3. The summed E-state index contributed by atoms with van der Waals surface area (Å²) in [5.41, 5.74) is 0.599. The van der Waals surface area contributed by atoms with Gasteiger partial charge >= 0.3 is 0 Å². The van der Waals surface area contributed by atoms with E-state index in [1.807, 2.05) is 13.8 Å². The molecule has 1 aromatic carbocycles. The molecule has 0 radical (unpaired) electrons. The Balaban J connectivity index is 2.19. The number of carbonyl (C=O) groups excluding carboxylic acids is 2. The van der Waals surface area contributed by atoms with Crippen LogP contribution in [0.25, 0.3) is 0 Å². The molecule has 0 saturated heterocycles. The van der Waals surface area contributed by atoms with Crippen molar-refractivity contribution in [3.63, 3.8) is 0 Å². The number of benzene rings is 1. The second kappa shape index (κ2) is 9.15. The van der Waals surface area contributed by atoms with Crippen molar-refractivity contribution in [1.29, 1.82) is 0 Å². The fraction of sp³-hybridized carbons (Fsp3) is 0.500. The Bertz CT molecular complexity index is 506. The summed E-state index contributed by atoms with van der Waals surface area (Å²) < 4.78 is 13.0. The van der Waals surface area contributed by atoms with Gasteiger partial charge in [-0.1, -0.05) is 26.0 Å². The van der Waals surface area contributed by atoms with E-state index >= 15 is 0 Å². The summed E-state index contributed by atoms with van der Waals surface area (Å²) in [7, 11) is 0. The SMILES string of the molecule is CC(C)C(O)CC(=O)NCCNC(=O)Cc1cccc(F)c1. The predicted octanol–water partition coefficient (Wildman–Crippen LogP) is 1.01. The summed E-state index contributed by atoms with van der Waals surface area (Å²) in [6.45, 7) is 4.26. The molecular weight excluding hydrogens is 287 g/mol. The lowest BCUT2D eigenvalue weighted by Gasteiger charge is -2.14. The summed E-state index contributed by atoms with van der Waals surface area (Å²) in [5, 5.41) is 14.8. The molecule has 122 valence electrons. The normalized spacial score (nSPS) is 12.0. The maximum Gasteiger partial charge on any atom is 0.224 e. The predicted molar refractivity (Wildman–Crippen MR) is 81.6 cm³/mol. The molecule has 0 bridgehead atoms. The van der Waals surface area contributed by atoms with Crippen molar-refractivity contribution in [2.45, 2.75) is 32.8 Å². The molecule has 1 unspecified atom stereocenters. The number of halogens is 1. The summed E-state index contributed by atoms with van der Waals surface area (Å²) in [4.78, 5) is 23.2. The minimum atomic E-state index is -0.664. The fourth-order valence-corrected chi connectivity index (χ4v) is 1.80. The quantitative estimate of drug-likeness (QED) is 0.627. The number of aliphatic hydroxyl groups is 1. The molecule has 0 fully saturated rings. The first-order chi connectivity index (χ1) is 10.4. The van der Waals surface area contributed by atoms with Gasteiger partial charge in [-0.25, -0.2) is 4.39 Å². The van der Waals surface area contributed by atoms with Crippen molar-refractivity contribution in [3.8, 4) is 0 Å². The third-order valence-electron chi connectivity index (χ3n) is 3.19. The monoisotopic (exact) mass is 310 g/mol. The molecule has 0 aliphatic heterocycles. The van der Waals surface area contributed by atoms with E-state index in [2.05, 4.69) is 10.6 Å². The molecule has 1 aromatic rings. The molecule has 6 heteroatoms. The van der Waals surface area contributed by atoms with Gasteiger partial charge in [-0.2, -0.15) is 0 Å². The largest absolute Gasteiger partial charge is 0.392 e. The molecule has 0 heterocycles. The van der Waals surface area contributed by atoms with Crippen LogP contribution in [0.4, 0.5) is 4.39 Å². The Morgan fingerprint density at radius 2 is 1.82 bits per heavy atom. The smallest absolute Gasteiger partial charge is 0.224 e. The third kappa shape index (κ3) is 7.17. The molecule has 1 atom stereocenters. The Morgan fingerprint density at radius 3 is 2.41 bits per heavy atom. The van der Waals surface area contributed by atoms with E-state index in [0.29, 0.717) is 12.1 Å². The van der Waals surface area contributed by atoms with Crippen molar-refractivity contribution in [3.05, 3.63) is 35.6 Å². The van der Waals surface area contributed by atoms with Crippen molar-refractivity contribution < 1.29 is 19.1 Å². The lowest BCUT2D eigenvalue weighted by Crippen LogP contribution is -2.37. The average molecular weight is 310 g/mol. The van der Waals surface area contributed by atoms with Gasteiger partial charge in [-0.15, -0.1) is 0 Å². The molecule has 0 aromatic heterocycles. The van der Waals surface area contributed by atoms with Crippen LogP contribution in [0.5, 0.6) is 0 Å². The van der Waals surface area contributed by atoms with Crippen LogP contribution in [0.1, 0.15) is 25.8 Å². The van der Waals surface area contributed by atoms with E-state index in [1.165, 1.54) is 12.1 Å². The zero-order valence-corrected chi connectivity index (χ0v) is 12.9. The Hall–Kier alpha value is -1.95. The first-order valence-electron chi connectivity index (χ1n) is 7.34. The van der Waals surface area contributed by atoms with Crippen molar-refractivity contribution in [2.24, 2.45) is 5.92 Å². The van der Waals surface area contributed by atoms with Gasteiger partial charge in [0.25, 0.3) is 0 Å². The van der Waals surface area contributed by atoms with Crippen LogP contribution in [0.2, 0.25) is 0 Å². The van der Waals surface area contributed by atoms with Crippen molar-refractivity contribution in [1.82, 2.24) is 10.6 Å². The molecule has 3 N–H and O–H groups in total. The van der Waals surface area contributed by atoms with E-state index in [9.17, 15) is 19.1 Å². The summed E-state index contributed by atoms with van der Waals surface area (Å²) in [6, 6.07) is 5.87. The van der Waals surface area contributed by atoms with Crippen molar-refractivity contribution >= 4 is 11.8 Å². The third-order valence-corrected chi connectivity index (χ3v) is 3.19. The maximum atomic E-state index is 13.0. The number of aliphatic hydroxyl groups excluding tert-OH is 1. The van der Waals surface area contributed by atoms with Gasteiger partial charge in [-0.3, -0.25) is 9.59 Å². The molecule has 2 amide bonds. The summed E-state index contributed by atoms with van der Waals surface area (Å²) in [6.07, 6.45) is -0.519. The summed E-state index contributed by atoms with van der Waals surface area (Å²) in [5.74, 6) is -0.833. The standard InChI is InChI=1S/C16H23FN2O3/c1-11(2)14(20)10-16(22)19-7-6-18-15(21)9-12-4-3-5-13(17)8-12/h3-5,8,11,14,20H,6-7,9-10H2,1-2H3,(H,18,21)(H,19,22). The molecule has 5 nitrogen and oxygen atoms in total. The topological polar surface area (TPSA) is 78.4 Å². The lowest BCUT2D eigenvalue weighted by molar-refractivity contribution is -0.124. The van der Waals surface area contributed by atoms with Crippen LogP contribution in [-0.4, -0.2) is 36.1 Å². The number of carbonyl (C=O) groups is 2. The van der Waals surface area contributed by atoms with Crippen LogP contribution in [-0.2, 0) is 16.0 Å². The van der Waals surface area contributed by atoms with Gasteiger partial charge in [-0.05, 0) is 23.6 Å². The highest BCUT2D eigenvalue weighted by Gasteiger charge is 2.13. The second-order valence-corrected chi connectivity index (χ2v) is 5.52. The Kier molecular flexibility index (Phi) is 7.52. The van der Waals surface area contributed by atoms with Gasteiger partial charge in [0.05, 0.1) is 18.9 Å². The first-order valence-corrected chi connectivity index (χ1v) is 7.34. The Morgan fingerprint density at radius 1 is 1.18 bits per heavy atom. The zero-order valence-electron chi connectivity index (χ0n) is 12.9. The van der Waals surface area contributed by atoms with Crippen molar-refractivity contribution in [2.75, 3.05) is 13.1 Å². The minimum Gasteiger partial charge on any atom is -0.392 e. The first kappa shape index (κ1) is 18.1. The van der Waals surface area contributed by atoms with E-state index in [-0.39, 0.29) is 42.9 Å². The van der Waals surface area contributed by atoms with E-state index in [1.54, 1.807) is 12.1 Å². The molecule has 0 aliphatic rings. The van der Waals surface area contributed by atoms with Crippen LogP contribution in [0, 0.1) is 11.7 Å². The Labute approximate surface area is 129 Å². The van der Waals surface area contributed by atoms with Gasteiger partial charge in [0.15, 0.2) is 0 Å². The maximum absolute atomic E-state index is 13.0. The minimum absolute atomic E-state index is 0.0247. The highest BCUT2D eigenvalue weighted by atomic mass is 19.1. The zero-order chi connectivity index (χ0) is 16.5. The molecule has 22 heavy (non-hydrogen) atoms. The van der Waals surface area contributed by atoms with E-state index < -0.39 is 6.10 Å². The molecular formula is C16H23FN2O3. The molecule has 0 saturated carbocycles. The van der Waals surface area contributed by atoms with E-state index in [0.717, 1.165) is 0 Å². The number of amides is 2. The second-order valence-electron chi connectivity index (χ2n) is 5.52. The van der Waals surface area contributed by atoms with Gasteiger partial charge < -0.3 is 15.7 Å². The van der Waals surface area contributed by atoms with Crippen LogP contribution in [0.3, 0.4) is 0 Å². The van der Waals surface area contributed by atoms with Crippen LogP contribution < -0.4 is 10.6 Å². The lowest BCUT2D eigenvalue weighted by atomic mass is 10.0. The van der Waals surface area contributed by atoms with Gasteiger partial charge in [0.2, 0.25) is 11.8 Å². The molecule has 0 aliphatic carbocycles. The number of nitrogens with one attached hydrogen (secondary N) is 2. The van der Waals surface area contributed by atoms with Crippen LogP contribution in [0.15, 0.2) is 24.3 Å². The van der Waals surface area contributed by atoms with E-state index in [4.69, 9.17) is 0 Å². The average Bonchev–Trinajstić information content (AvgIpc) is 2.43. The summed E-state index contributed by atoms with van der Waals surface area (Å²) >= 11 is 0. The fourth-order valence-electron chi connectivity index (χ4n) is 1.80. The highest BCUT2D eigenvalue weighted by Crippen LogP contribution is 2.05. The number of rotatable bonds is 8. The molecule has 0 spiro atoms. The van der Waals surface area contributed by atoms with Gasteiger partial charge in [0.1, 0.15) is 5.82 Å². The molecule has 1 rings (SSSR count). The van der Waals surface area contributed by atoms with Gasteiger partial charge in [0, 0.05) is 13.1 Å². The van der Waals surface area contributed by atoms with Crippen LogP contribution >= 0.6 is 0 Å². The number of hydrogen-bond donors (Lipinski definition) is 3.